The van der Waals surface area contributed by atoms with Crippen molar-refractivity contribution in [2.45, 2.75) is 6.92 Å². The standard InChI is InChI=1S/C19H17ClN4O2S/c1-10-5-12(17-14(6-10)23-16(25-2)9-22-17)19-24-18-13(20)7-11(26-4-3-21)8-15(18)27-19/h5-9H,3-4,21H2,1-2H3. The molecule has 138 valence electrons. The van der Waals surface area contributed by atoms with Gasteiger partial charge in [-0.15, -0.1) is 11.3 Å². The van der Waals surface area contributed by atoms with Crippen molar-refractivity contribution in [3.63, 3.8) is 0 Å². The summed E-state index contributed by atoms with van der Waals surface area (Å²) in [7, 11) is 1.58. The number of rotatable bonds is 5. The fraction of sp³-hybridized carbons (Fsp3) is 0.211. The van der Waals surface area contributed by atoms with Gasteiger partial charge in [-0.1, -0.05) is 11.6 Å². The summed E-state index contributed by atoms with van der Waals surface area (Å²) in [6.07, 6.45) is 1.61. The SMILES string of the molecule is COc1cnc2c(-c3nc4c(Cl)cc(OCCN)cc4s3)cc(C)cc2n1. The topological polar surface area (TPSA) is 83.2 Å². The molecule has 0 aliphatic heterocycles. The minimum atomic E-state index is 0.438. The van der Waals surface area contributed by atoms with E-state index < -0.39 is 0 Å². The second kappa shape index (κ2) is 7.26. The number of fused-ring (bicyclic) bond motifs is 2. The van der Waals surface area contributed by atoms with Crippen LogP contribution in [0.3, 0.4) is 0 Å². The van der Waals surface area contributed by atoms with Crippen molar-refractivity contribution in [2.24, 2.45) is 5.73 Å². The molecule has 8 heteroatoms. The molecule has 0 fully saturated rings. The molecule has 0 aliphatic rings. The van der Waals surface area contributed by atoms with Gasteiger partial charge in [0.1, 0.15) is 22.9 Å². The van der Waals surface area contributed by atoms with Crippen LogP contribution in [0.15, 0.2) is 30.5 Å². The maximum absolute atomic E-state index is 6.42. The zero-order chi connectivity index (χ0) is 19.0. The highest BCUT2D eigenvalue weighted by Gasteiger charge is 2.15. The average Bonchev–Trinajstić information content (AvgIpc) is 3.09. The lowest BCUT2D eigenvalue weighted by atomic mass is 10.1. The maximum Gasteiger partial charge on any atom is 0.232 e. The van der Waals surface area contributed by atoms with Crippen molar-refractivity contribution < 1.29 is 9.47 Å². The second-order valence-corrected chi connectivity index (χ2v) is 7.44. The monoisotopic (exact) mass is 400 g/mol. The summed E-state index contributed by atoms with van der Waals surface area (Å²) in [5, 5.41) is 1.38. The molecule has 0 saturated carbocycles. The van der Waals surface area contributed by atoms with E-state index in [0.29, 0.717) is 29.8 Å². The molecule has 4 rings (SSSR count). The first kappa shape index (κ1) is 17.9. The van der Waals surface area contributed by atoms with E-state index >= 15 is 0 Å². The zero-order valence-corrected chi connectivity index (χ0v) is 16.4. The highest BCUT2D eigenvalue weighted by atomic mass is 35.5. The summed E-state index contributed by atoms with van der Waals surface area (Å²) < 4.78 is 11.7. The van der Waals surface area contributed by atoms with E-state index in [0.717, 1.165) is 37.4 Å². The van der Waals surface area contributed by atoms with Crippen molar-refractivity contribution >= 4 is 44.2 Å². The van der Waals surface area contributed by atoms with Gasteiger partial charge in [-0.05, 0) is 30.7 Å². The fourth-order valence-corrected chi connectivity index (χ4v) is 4.20. The fourth-order valence-electron chi connectivity index (χ4n) is 2.85. The van der Waals surface area contributed by atoms with Gasteiger partial charge in [-0.3, -0.25) is 0 Å². The van der Waals surface area contributed by atoms with E-state index in [1.54, 1.807) is 19.4 Å². The minimum Gasteiger partial charge on any atom is -0.492 e. The number of hydrogen-bond donors (Lipinski definition) is 1. The van der Waals surface area contributed by atoms with Crippen molar-refractivity contribution in [3.8, 4) is 22.2 Å². The van der Waals surface area contributed by atoms with E-state index in [1.165, 1.54) is 11.3 Å². The summed E-state index contributed by atoms with van der Waals surface area (Å²) in [6.45, 7) is 2.90. The van der Waals surface area contributed by atoms with Crippen LogP contribution in [0.5, 0.6) is 11.6 Å². The minimum absolute atomic E-state index is 0.438. The molecule has 0 bridgehead atoms. The molecule has 2 aromatic heterocycles. The van der Waals surface area contributed by atoms with Gasteiger partial charge < -0.3 is 15.2 Å². The lowest BCUT2D eigenvalue weighted by molar-refractivity contribution is 0.329. The Balaban J connectivity index is 1.88. The molecule has 0 amide bonds. The largest absolute Gasteiger partial charge is 0.492 e. The molecule has 4 aromatic rings. The number of halogens is 1. The first-order valence-corrected chi connectivity index (χ1v) is 9.53. The van der Waals surface area contributed by atoms with Crippen LogP contribution in [0.4, 0.5) is 0 Å². The Bertz CT molecular complexity index is 1150. The molecule has 0 saturated heterocycles. The molecule has 0 atom stereocenters. The number of nitrogens with zero attached hydrogens (tertiary/aromatic N) is 3. The smallest absolute Gasteiger partial charge is 0.232 e. The van der Waals surface area contributed by atoms with Crippen LogP contribution >= 0.6 is 22.9 Å². The molecule has 2 aromatic carbocycles. The summed E-state index contributed by atoms with van der Waals surface area (Å²) in [5.41, 5.74) is 9.77. The number of aryl methyl sites for hydroxylation is 1. The maximum atomic E-state index is 6.42. The first-order valence-electron chi connectivity index (χ1n) is 8.33. The van der Waals surface area contributed by atoms with E-state index in [1.807, 2.05) is 19.1 Å². The third-order valence-electron chi connectivity index (χ3n) is 4.02. The molecule has 0 radical (unpaired) electrons. The van der Waals surface area contributed by atoms with E-state index in [9.17, 15) is 0 Å². The highest BCUT2D eigenvalue weighted by molar-refractivity contribution is 7.21. The van der Waals surface area contributed by atoms with Crippen molar-refractivity contribution in [2.75, 3.05) is 20.3 Å². The van der Waals surface area contributed by atoms with Crippen LogP contribution in [-0.2, 0) is 0 Å². The Kier molecular flexibility index (Phi) is 4.82. The number of methoxy groups -OCH3 is 1. The molecule has 2 N–H and O–H groups in total. The molecule has 27 heavy (non-hydrogen) atoms. The van der Waals surface area contributed by atoms with E-state index in [-0.39, 0.29) is 0 Å². The second-order valence-electron chi connectivity index (χ2n) is 6.00. The van der Waals surface area contributed by atoms with Crippen LogP contribution in [0.25, 0.3) is 31.8 Å². The van der Waals surface area contributed by atoms with Crippen LogP contribution in [0.1, 0.15) is 5.56 Å². The predicted octanol–water partition coefficient (Wildman–Crippen LogP) is 4.21. The van der Waals surface area contributed by atoms with Crippen molar-refractivity contribution in [1.29, 1.82) is 0 Å². The van der Waals surface area contributed by atoms with Gasteiger partial charge in [0.15, 0.2) is 0 Å². The van der Waals surface area contributed by atoms with Crippen molar-refractivity contribution in [1.82, 2.24) is 15.0 Å². The first-order chi connectivity index (χ1) is 13.1. The van der Waals surface area contributed by atoms with Crippen LogP contribution < -0.4 is 15.2 Å². The molecular formula is C19H17ClN4O2S. The van der Waals surface area contributed by atoms with Crippen LogP contribution in [-0.4, -0.2) is 35.2 Å². The number of benzene rings is 2. The van der Waals surface area contributed by atoms with Crippen LogP contribution in [0, 0.1) is 6.92 Å². The van der Waals surface area contributed by atoms with Gasteiger partial charge in [0.2, 0.25) is 5.88 Å². The Morgan fingerprint density at radius 3 is 2.78 bits per heavy atom. The van der Waals surface area contributed by atoms with Gasteiger partial charge in [-0.2, -0.15) is 0 Å². The van der Waals surface area contributed by atoms with E-state index in [2.05, 4.69) is 16.0 Å². The normalized spacial score (nSPS) is 11.3. The highest BCUT2D eigenvalue weighted by Crippen LogP contribution is 2.38. The Hall–Kier alpha value is -2.48. The third-order valence-corrected chi connectivity index (χ3v) is 5.34. The number of nitrogens with two attached hydrogens (primary N) is 1. The van der Waals surface area contributed by atoms with Crippen molar-refractivity contribution in [3.05, 3.63) is 41.0 Å². The van der Waals surface area contributed by atoms with Gasteiger partial charge in [0.25, 0.3) is 0 Å². The average molecular weight is 401 g/mol. The summed E-state index contributed by atoms with van der Waals surface area (Å²) >= 11 is 7.96. The number of aromatic nitrogens is 3. The number of thiazole rings is 1. The van der Waals surface area contributed by atoms with Gasteiger partial charge >= 0.3 is 0 Å². The summed E-state index contributed by atoms with van der Waals surface area (Å²) in [6, 6.07) is 7.74. The molecule has 6 nitrogen and oxygen atoms in total. The Labute approximate surface area is 164 Å². The van der Waals surface area contributed by atoms with Gasteiger partial charge in [0.05, 0.1) is 34.1 Å². The third kappa shape index (κ3) is 3.41. The predicted molar refractivity (Wildman–Crippen MR) is 109 cm³/mol. The lowest BCUT2D eigenvalue weighted by Crippen LogP contribution is -2.10. The Morgan fingerprint density at radius 1 is 1.15 bits per heavy atom. The zero-order valence-electron chi connectivity index (χ0n) is 14.8. The molecule has 0 unspecified atom stereocenters. The summed E-state index contributed by atoms with van der Waals surface area (Å²) in [4.78, 5) is 13.8. The van der Waals surface area contributed by atoms with Gasteiger partial charge in [0, 0.05) is 18.2 Å². The number of ether oxygens (including phenoxy) is 2. The molecular weight excluding hydrogens is 384 g/mol. The summed E-state index contributed by atoms with van der Waals surface area (Å²) in [5.74, 6) is 1.17. The lowest BCUT2D eigenvalue weighted by Gasteiger charge is -2.06. The number of hydrogen-bond acceptors (Lipinski definition) is 7. The molecule has 0 aliphatic carbocycles. The molecule has 0 spiro atoms. The quantitative estimate of drug-likeness (QED) is 0.540. The van der Waals surface area contributed by atoms with E-state index in [4.69, 9.17) is 31.8 Å². The molecule has 2 heterocycles. The van der Waals surface area contributed by atoms with Crippen LogP contribution in [0.2, 0.25) is 5.02 Å². The van der Waals surface area contributed by atoms with Gasteiger partial charge in [-0.25, -0.2) is 15.0 Å². The Morgan fingerprint density at radius 2 is 2.00 bits per heavy atom.